The predicted molar refractivity (Wildman–Crippen MR) is 58.3 cm³/mol. The Morgan fingerprint density at radius 2 is 1.27 bits per heavy atom. The topological polar surface area (TPSA) is 9.23 Å². The van der Waals surface area contributed by atoms with Crippen molar-refractivity contribution in [3.63, 3.8) is 0 Å². The molecule has 0 aromatic heterocycles. The molecule has 0 aliphatic heterocycles. The summed E-state index contributed by atoms with van der Waals surface area (Å²) in [6.45, 7) is 6.12. The molecule has 0 N–H and O–H groups in total. The summed E-state index contributed by atoms with van der Waals surface area (Å²) in [6.07, 6.45) is 0. The molecule has 0 spiro atoms. The fraction of sp³-hybridized carbons (Fsp3) is 0.500. The fourth-order valence-electron chi connectivity index (χ4n) is 0.943. The minimum Gasteiger partial charge on any atom is -0.547 e. The second-order valence-corrected chi connectivity index (χ2v) is 2.66. The third-order valence-electron chi connectivity index (χ3n) is 1.93. The molecule has 0 fully saturated rings. The number of hydrogen-bond acceptors (Lipinski definition) is 1. The average Bonchev–Trinajstić information content (AvgIpc) is 1.99. The first-order chi connectivity index (χ1) is 5.15. The van der Waals surface area contributed by atoms with E-state index >= 15 is 0 Å². The van der Waals surface area contributed by atoms with Crippen molar-refractivity contribution in [1.29, 1.82) is 0 Å². The fourth-order valence-corrected chi connectivity index (χ4v) is 0.943. The van der Waals surface area contributed by atoms with E-state index in [1.54, 1.807) is 7.11 Å². The Morgan fingerprint density at radius 3 is 1.53 bits per heavy atom. The molecule has 0 bridgehead atoms. The van der Waals surface area contributed by atoms with Gasteiger partial charge in [-0.15, -0.1) is 12.7 Å². The van der Waals surface area contributed by atoms with Crippen LogP contribution in [0.15, 0.2) is 0 Å². The SMILES string of the molecule is C.C.COc1[c-]c(C)c(C)c(C)[c-]1.[W].[Y]. The summed E-state index contributed by atoms with van der Waals surface area (Å²) in [5.74, 6) is 0.700. The van der Waals surface area contributed by atoms with E-state index in [1.807, 2.05) is 13.8 Å². The normalized spacial score (nSPS) is 7.20. The second-order valence-electron chi connectivity index (χ2n) is 2.66. The maximum absolute atomic E-state index is 5.02. The van der Waals surface area contributed by atoms with Crippen LogP contribution in [0.25, 0.3) is 0 Å². The number of ether oxygens (including phenoxy) is 1. The van der Waals surface area contributed by atoms with Gasteiger partial charge >= 0.3 is 0 Å². The number of rotatable bonds is 1. The Hall–Kier alpha value is 0.812. The van der Waals surface area contributed by atoms with Crippen LogP contribution < -0.4 is 4.74 Å². The first-order valence-electron chi connectivity index (χ1n) is 3.61. The van der Waals surface area contributed by atoms with Crippen molar-refractivity contribution in [3.8, 4) is 5.75 Å². The maximum atomic E-state index is 5.02. The van der Waals surface area contributed by atoms with Crippen molar-refractivity contribution in [2.75, 3.05) is 7.11 Å². The van der Waals surface area contributed by atoms with E-state index in [4.69, 9.17) is 4.74 Å². The molecule has 0 saturated heterocycles. The zero-order valence-electron chi connectivity index (χ0n) is 8.39. The number of hydrogen-bond donors (Lipinski definition) is 0. The summed E-state index contributed by atoms with van der Waals surface area (Å²) >= 11 is 0. The molecule has 1 aromatic carbocycles. The molecular formula is C12H20OWY-2. The molecule has 0 aliphatic carbocycles. The van der Waals surface area contributed by atoms with E-state index in [2.05, 4.69) is 19.1 Å². The molecule has 0 atom stereocenters. The van der Waals surface area contributed by atoms with E-state index in [9.17, 15) is 0 Å². The van der Waals surface area contributed by atoms with Gasteiger partial charge in [-0.1, -0.05) is 28.7 Å². The number of aryl methyl sites for hydroxylation is 2. The molecule has 1 nitrogen and oxygen atoms in total. The van der Waals surface area contributed by atoms with Crippen LogP contribution in [0.5, 0.6) is 5.75 Å². The molecule has 1 aromatic rings. The van der Waals surface area contributed by atoms with Crippen LogP contribution in [0.2, 0.25) is 0 Å². The maximum Gasteiger partial charge on any atom is 0.0714 e. The van der Waals surface area contributed by atoms with Gasteiger partial charge in [0.1, 0.15) is 0 Å². The van der Waals surface area contributed by atoms with Crippen molar-refractivity contribution >= 4 is 0 Å². The quantitative estimate of drug-likeness (QED) is 0.593. The third-order valence-corrected chi connectivity index (χ3v) is 1.93. The Labute approximate surface area is 135 Å². The van der Waals surface area contributed by atoms with Gasteiger partial charge in [0, 0.05) is 53.8 Å². The van der Waals surface area contributed by atoms with E-state index in [1.165, 1.54) is 5.56 Å². The van der Waals surface area contributed by atoms with Gasteiger partial charge in [0.2, 0.25) is 0 Å². The summed E-state index contributed by atoms with van der Waals surface area (Å²) in [5.41, 5.74) is 3.52. The van der Waals surface area contributed by atoms with Crippen molar-refractivity contribution in [2.24, 2.45) is 0 Å². The van der Waals surface area contributed by atoms with Crippen LogP contribution in [0.3, 0.4) is 0 Å². The minimum absolute atomic E-state index is 0. The number of methoxy groups -OCH3 is 1. The van der Waals surface area contributed by atoms with E-state index in [0.29, 0.717) is 5.75 Å². The molecule has 0 amide bonds. The molecule has 15 heavy (non-hydrogen) atoms. The van der Waals surface area contributed by atoms with Crippen LogP contribution in [0.1, 0.15) is 31.5 Å². The van der Waals surface area contributed by atoms with Gasteiger partial charge in [-0.25, -0.2) is 0 Å². The first kappa shape index (κ1) is 24.9. The third kappa shape index (κ3) is 6.87. The molecule has 1 rings (SSSR count). The Bertz CT molecular complexity index is 251. The summed E-state index contributed by atoms with van der Waals surface area (Å²) in [6, 6.07) is 6.18. The largest absolute Gasteiger partial charge is 0.547 e. The Balaban J connectivity index is -0.000000151. The van der Waals surface area contributed by atoms with Crippen molar-refractivity contribution < 1.29 is 58.5 Å². The van der Waals surface area contributed by atoms with E-state index < -0.39 is 0 Å². The number of benzene rings is 1. The van der Waals surface area contributed by atoms with Crippen LogP contribution in [0, 0.1) is 32.9 Å². The Kier molecular flexibility index (Phi) is 18.7. The van der Waals surface area contributed by atoms with E-state index in [0.717, 1.165) is 11.1 Å². The first-order valence-corrected chi connectivity index (χ1v) is 3.61. The van der Waals surface area contributed by atoms with Gasteiger partial charge in [0.15, 0.2) is 0 Å². The molecule has 0 heterocycles. The van der Waals surface area contributed by atoms with Gasteiger partial charge in [-0.3, -0.25) is 16.7 Å². The summed E-state index contributed by atoms with van der Waals surface area (Å²) in [7, 11) is 1.64. The molecule has 85 valence electrons. The smallest absolute Gasteiger partial charge is 0.0714 e. The van der Waals surface area contributed by atoms with Crippen LogP contribution in [-0.2, 0) is 53.8 Å². The minimum atomic E-state index is 0. The molecule has 1 radical (unpaired) electrons. The molecule has 0 saturated carbocycles. The van der Waals surface area contributed by atoms with Gasteiger partial charge in [-0.2, -0.15) is 0 Å². The summed E-state index contributed by atoms with van der Waals surface area (Å²) in [4.78, 5) is 0. The van der Waals surface area contributed by atoms with Crippen LogP contribution in [0.4, 0.5) is 0 Å². The zero-order valence-corrected chi connectivity index (χ0v) is 14.2. The van der Waals surface area contributed by atoms with Gasteiger partial charge < -0.3 is 16.9 Å². The van der Waals surface area contributed by atoms with Crippen LogP contribution in [-0.4, -0.2) is 7.11 Å². The Morgan fingerprint density at radius 1 is 0.933 bits per heavy atom. The van der Waals surface area contributed by atoms with Gasteiger partial charge in [0.25, 0.3) is 0 Å². The molecule has 0 aliphatic rings. The van der Waals surface area contributed by atoms with Gasteiger partial charge in [-0.05, 0) is 0 Å². The van der Waals surface area contributed by atoms with Crippen molar-refractivity contribution in [2.45, 2.75) is 35.6 Å². The van der Waals surface area contributed by atoms with E-state index in [-0.39, 0.29) is 68.6 Å². The monoisotopic (exact) mass is 453 g/mol. The standard InChI is InChI=1S/C10H12O.2CH4.W.Y/c1-7-5-10(11-4)6-8(2)9(7)3;;;;/h1-4H3;2*1H4;;/q-2;;;;. The molecule has 3 heteroatoms. The molecular weight excluding hydrogens is 433 g/mol. The molecule has 0 unspecified atom stereocenters. The van der Waals surface area contributed by atoms with Crippen molar-refractivity contribution in [1.82, 2.24) is 0 Å². The van der Waals surface area contributed by atoms with Gasteiger partial charge in [0.05, 0.1) is 7.11 Å². The average molecular weight is 453 g/mol. The second kappa shape index (κ2) is 11.3. The summed E-state index contributed by atoms with van der Waals surface area (Å²) in [5, 5.41) is 0. The summed E-state index contributed by atoms with van der Waals surface area (Å²) < 4.78 is 5.02. The predicted octanol–water partition coefficient (Wildman–Crippen LogP) is 3.49. The van der Waals surface area contributed by atoms with Crippen molar-refractivity contribution in [3.05, 3.63) is 28.8 Å². The zero-order chi connectivity index (χ0) is 8.43. The van der Waals surface area contributed by atoms with Crippen LogP contribution >= 0.6 is 0 Å².